The molecule has 0 saturated heterocycles. The van der Waals surface area contributed by atoms with Crippen LogP contribution in [-0.4, -0.2) is 60.2 Å². The van der Waals surface area contributed by atoms with Crippen LogP contribution in [0.25, 0.3) is 0 Å². The van der Waals surface area contributed by atoms with E-state index in [0.29, 0.717) is 5.25 Å². The highest BCUT2D eigenvalue weighted by Crippen LogP contribution is 2.31. The van der Waals surface area contributed by atoms with Crippen molar-refractivity contribution < 1.29 is 4.79 Å². The highest BCUT2D eigenvalue weighted by molar-refractivity contribution is 8.00. The fourth-order valence-electron chi connectivity index (χ4n) is 1.99. The summed E-state index contributed by atoms with van der Waals surface area (Å²) in [5, 5.41) is 1.29. The lowest BCUT2D eigenvalue weighted by atomic mass is 10.2. The molecule has 1 aliphatic heterocycles. The van der Waals surface area contributed by atoms with E-state index >= 15 is 0 Å². The topological polar surface area (TPSA) is 36.4 Å². The zero-order valence-corrected chi connectivity index (χ0v) is 13.1. The maximum Gasteiger partial charge on any atom is 0.256 e. The van der Waals surface area contributed by atoms with Crippen LogP contribution in [0.2, 0.25) is 0 Å². The lowest BCUT2D eigenvalue weighted by molar-refractivity contribution is 0.0793. The van der Waals surface area contributed by atoms with E-state index in [4.69, 9.17) is 0 Å². The summed E-state index contributed by atoms with van der Waals surface area (Å²) in [7, 11) is 6.01. The first-order valence-corrected chi connectivity index (χ1v) is 6.97. The second-order valence-corrected chi connectivity index (χ2v) is 6.16. The fraction of sp³-hybridized carbons (Fsp3) is 0.538. The summed E-state index contributed by atoms with van der Waals surface area (Å²) in [6.07, 6.45) is 2.82. The Morgan fingerprint density at radius 1 is 1.53 bits per heavy atom. The normalized spacial score (nSPS) is 18.8. The Bertz CT molecular complexity index is 442. The first-order valence-electron chi connectivity index (χ1n) is 6.10. The summed E-state index contributed by atoms with van der Waals surface area (Å²) < 4.78 is 0. The zero-order chi connectivity index (χ0) is 13.1. The highest BCUT2D eigenvalue weighted by atomic mass is 35.5. The van der Waals surface area contributed by atoms with E-state index in [1.54, 1.807) is 22.9 Å². The first-order chi connectivity index (χ1) is 8.58. The number of amides is 1. The van der Waals surface area contributed by atoms with Crippen molar-refractivity contribution in [3.05, 3.63) is 23.9 Å². The van der Waals surface area contributed by atoms with Crippen LogP contribution in [0.1, 0.15) is 16.8 Å². The summed E-state index contributed by atoms with van der Waals surface area (Å²) in [5.41, 5.74) is 0.734. The third kappa shape index (κ3) is 4.09. The van der Waals surface area contributed by atoms with Crippen molar-refractivity contribution in [1.29, 1.82) is 0 Å². The number of carbonyl (C=O) groups is 1. The van der Waals surface area contributed by atoms with E-state index in [1.807, 2.05) is 19.2 Å². The SMILES string of the molecule is CN(C)CCC1CN(C)C(=O)c2cccnc2S1.Cl. The molecule has 1 aromatic rings. The highest BCUT2D eigenvalue weighted by Gasteiger charge is 2.26. The van der Waals surface area contributed by atoms with Gasteiger partial charge in [-0.05, 0) is 39.2 Å². The van der Waals surface area contributed by atoms with Gasteiger partial charge in [-0.2, -0.15) is 0 Å². The number of pyridine rings is 1. The minimum absolute atomic E-state index is 0. The summed E-state index contributed by atoms with van der Waals surface area (Å²) in [6, 6.07) is 3.69. The Morgan fingerprint density at radius 2 is 2.26 bits per heavy atom. The second-order valence-electron chi connectivity index (χ2n) is 4.87. The number of rotatable bonds is 3. The maximum absolute atomic E-state index is 12.2. The minimum Gasteiger partial charge on any atom is -0.340 e. The molecule has 1 amide bonds. The van der Waals surface area contributed by atoms with Gasteiger partial charge in [0.25, 0.3) is 5.91 Å². The summed E-state index contributed by atoms with van der Waals surface area (Å²) >= 11 is 1.73. The summed E-state index contributed by atoms with van der Waals surface area (Å²) in [6.45, 7) is 1.82. The molecule has 4 nitrogen and oxygen atoms in total. The number of nitrogens with zero attached hydrogens (tertiary/aromatic N) is 3. The van der Waals surface area contributed by atoms with Gasteiger partial charge in [0.2, 0.25) is 0 Å². The van der Waals surface area contributed by atoms with Gasteiger partial charge in [0.05, 0.1) is 5.56 Å². The Labute approximate surface area is 125 Å². The van der Waals surface area contributed by atoms with Gasteiger partial charge in [0.15, 0.2) is 0 Å². The number of hydrogen-bond acceptors (Lipinski definition) is 4. The van der Waals surface area contributed by atoms with Crippen molar-refractivity contribution in [2.75, 3.05) is 34.2 Å². The van der Waals surface area contributed by atoms with Crippen molar-refractivity contribution in [3.8, 4) is 0 Å². The van der Waals surface area contributed by atoms with Crippen molar-refractivity contribution in [1.82, 2.24) is 14.8 Å². The van der Waals surface area contributed by atoms with Crippen LogP contribution in [-0.2, 0) is 0 Å². The molecular weight excluding hydrogens is 282 g/mol. The smallest absolute Gasteiger partial charge is 0.256 e. The van der Waals surface area contributed by atoms with Crippen LogP contribution in [0.15, 0.2) is 23.4 Å². The molecule has 1 atom stereocenters. The maximum atomic E-state index is 12.2. The molecule has 106 valence electrons. The predicted molar refractivity (Wildman–Crippen MR) is 81.3 cm³/mol. The van der Waals surface area contributed by atoms with E-state index in [-0.39, 0.29) is 18.3 Å². The largest absolute Gasteiger partial charge is 0.340 e. The summed E-state index contributed by atoms with van der Waals surface area (Å²) in [4.78, 5) is 20.5. The van der Waals surface area contributed by atoms with Crippen LogP contribution >= 0.6 is 24.2 Å². The summed E-state index contributed by atoms with van der Waals surface area (Å²) in [5.74, 6) is 0.0814. The zero-order valence-electron chi connectivity index (χ0n) is 11.5. The molecule has 2 heterocycles. The fourth-order valence-corrected chi connectivity index (χ4v) is 3.23. The molecule has 1 unspecified atom stereocenters. The Kier molecular flexibility index (Phi) is 6.10. The van der Waals surface area contributed by atoms with Crippen molar-refractivity contribution in [2.24, 2.45) is 0 Å². The van der Waals surface area contributed by atoms with Crippen LogP contribution in [0, 0.1) is 0 Å². The van der Waals surface area contributed by atoms with Gasteiger partial charge < -0.3 is 9.80 Å². The average Bonchev–Trinajstić information content (AvgIpc) is 2.46. The Balaban J connectivity index is 0.00000180. The molecule has 0 N–H and O–H groups in total. The minimum atomic E-state index is 0. The average molecular weight is 302 g/mol. The van der Waals surface area contributed by atoms with Gasteiger partial charge in [-0.3, -0.25) is 4.79 Å². The molecule has 0 aliphatic carbocycles. The van der Waals surface area contributed by atoms with Crippen LogP contribution in [0.4, 0.5) is 0 Å². The molecule has 0 saturated carbocycles. The van der Waals surface area contributed by atoms with Crippen LogP contribution < -0.4 is 0 Å². The van der Waals surface area contributed by atoms with Gasteiger partial charge >= 0.3 is 0 Å². The molecule has 1 aromatic heterocycles. The molecule has 0 fully saturated rings. The van der Waals surface area contributed by atoms with E-state index in [2.05, 4.69) is 24.0 Å². The molecule has 0 bridgehead atoms. The molecule has 1 aliphatic rings. The van der Waals surface area contributed by atoms with Crippen LogP contribution in [0.5, 0.6) is 0 Å². The predicted octanol–water partition coefficient (Wildman–Crippen LogP) is 2.00. The number of aromatic nitrogens is 1. The van der Waals surface area contributed by atoms with Gasteiger partial charge in [0.1, 0.15) is 5.03 Å². The van der Waals surface area contributed by atoms with Crippen molar-refractivity contribution in [3.63, 3.8) is 0 Å². The van der Waals surface area contributed by atoms with Gasteiger partial charge in [-0.15, -0.1) is 24.2 Å². The van der Waals surface area contributed by atoms with Crippen LogP contribution in [0.3, 0.4) is 0 Å². The molecule has 19 heavy (non-hydrogen) atoms. The monoisotopic (exact) mass is 301 g/mol. The van der Waals surface area contributed by atoms with Gasteiger partial charge in [-0.25, -0.2) is 4.98 Å². The number of halogens is 1. The molecule has 0 radical (unpaired) electrons. The number of carbonyl (C=O) groups excluding carboxylic acids is 1. The lowest BCUT2D eigenvalue weighted by Gasteiger charge is -2.21. The molecule has 0 aromatic carbocycles. The Morgan fingerprint density at radius 3 is 2.95 bits per heavy atom. The molecular formula is C13H20ClN3OS. The quantitative estimate of drug-likeness (QED) is 0.856. The third-order valence-corrected chi connectivity index (χ3v) is 4.27. The number of thioether (sulfide) groups is 1. The van der Waals surface area contributed by atoms with Gasteiger partial charge in [-0.1, -0.05) is 0 Å². The molecule has 6 heteroatoms. The Hall–Kier alpha value is -0.780. The lowest BCUT2D eigenvalue weighted by Crippen LogP contribution is -2.32. The standard InChI is InChI=1S/C13H19N3OS.ClH/c1-15(2)8-6-10-9-16(3)13(17)11-5-4-7-14-12(11)18-10;/h4-5,7,10H,6,8-9H2,1-3H3;1H. The third-order valence-electron chi connectivity index (χ3n) is 3.00. The van der Waals surface area contributed by atoms with E-state index < -0.39 is 0 Å². The molecule has 0 spiro atoms. The van der Waals surface area contributed by atoms with E-state index in [1.165, 1.54) is 0 Å². The van der Waals surface area contributed by atoms with Gasteiger partial charge in [0, 0.05) is 25.0 Å². The number of fused-ring (bicyclic) bond motifs is 1. The molecule has 2 rings (SSSR count). The van der Waals surface area contributed by atoms with E-state index in [0.717, 1.165) is 30.1 Å². The van der Waals surface area contributed by atoms with E-state index in [9.17, 15) is 4.79 Å². The van der Waals surface area contributed by atoms with Crippen molar-refractivity contribution >= 4 is 30.1 Å². The first kappa shape index (κ1) is 16.3. The number of hydrogen-bond donors (Lipinski definition) is 0. The van der Waals surface area contributed by atoms with Crippen molar-refractivity contribution in [2.45, 2.75) is 16.7 Å². The second kappa shape index (κ2) is 7.12.